The van der Waals surface area contributed by atoms with E-state index >= 15 is 0 Å². The van der Waals surface area contributed by atoms with Crippen LogP contribution in [-0.2, 0) is 4.79 Å². The van der Waals surface area contributed by atoms with E-state index in [0.29, 0.717) is 0 Å². The van der Waals surface area contributed by atoms with E-state index in [0.717, 1.165) is 25.7 Å². The Morgan fingerprint density at radius 3 is 2.38 bits per heavy atom. The van der Waals surface area contributed by atoms with E-state index in [1.54, 1.807) is 0 Å². The van der Waals surface area contributed by atoms with Gasteiger partial charge in [0, 0.05) is 18.5 Å². The highest BCUT2D eigenvalue weighted by Gasteiger charge is 2.32. The summed E-state index contributed by atoms with van der Waals surface area (Å²) in [6, 6.07) is 0. The number of rotatable bonds is 4. The van der Waals surface area contributed by atoms with Gasteiger partial charge in [-0.2, -0.15) is 13.2 Å². The van der Waals surface area contributed by atoms with Gasteiger partial charge in [-0.1, -0.05) is 12.8 Å². The van der Waals surface area contributed by atoms with Crippen molar-refractivity contribution in [1.82, 2.24) is 5.32 Å². The lowest BCUT2D eigenvalue weighted by Gasteiger charge is -2.22. The normalized spacial score (nSPS) is 19.8. The van der Waals surface area contributed by atoms with Crippen LogP contribution in [0.3, 0.4) is 0 Å². The molecule has 94 valence electrons. The van der Waals surface area contributed by atoms with Crippen LogP contribution in [0.15, 0.2) is 0 Å². The van der Waals surface area contributed by atoms with Gasteiger partial charge < -0.3 is 11.1 Å². The molecule has 1 rings (SSSR count). The zero-order valence-electron chi connectivity index (χ0n) is 9.07. The maximum absolute atomic E-state index is 11.8. The van der Waals surface area contributed by atoms with Crippen LogP contribution in [0.25, 0.3) is 0 Å². The van der Waals surface area contributed by atoms with Crippen LogP contribution in [0.2, 0.25) is 0 Å². The zero-order valence-corrected chi connectivity index (χ0v) is 9.07. The highest BCUT2D eigenvalue weighted by atomic mass is 19.4. The van der Waals surface area contributed by atoms with Gasteiger partial charge in [-0.15, -0.1) is 0 Å². The molecule has 0 aliphatic heterocycles. The van der Waals surface area contributed by atoms with Crippen molar-refractivity contribution in [3.63, 3.8) is 0 Å². The molecule has 1 amide bonds. The number of hydrogen-bond acceptors (Lipinski definition) is 2. The molecule has 1 aliphatic carbocycles. The molecule has 16 heavy (non-hydrogen) atoms. The molecule has 0 heterocycles. The van der Waals surface area contributed by atoms with Crippen LogP contribution in [-0.4, -0.2) is 24.2 Å². The van der Waals surface area contributed by atoms with Gasteiger partial charge in [0.25, 0.3) is 0 Å². The maximum Gasteiger partial charge on any atom is 0.390 e. The van der Waals surface area contributed by atoms with Crippen LogP contribution < -0.4 is 11.1 Å². The summed E-state index contributed by atoms with van der Waals surface area (Å²) in [5, 5.41) is 2.25. The Bertz CT molecular complexity index is 247. The third kappa shape index (κ3) is 4.83. The number of carbonyl (C=O) groups excluding carboxylic acids is 1. The van der Waals surface area contributed by atoms with Crippen LogP contribution in [0.1, 0.15) is 38.5 Å². The van der Waals surface area contributed by atoms with Crippen molar-refractivity contribution in [2.45, 2.75) is 50.2 Å². The quantitative estimate of drug-likeness (QED) is 0.783. The first-order valence-corrected chi connectivity index (χ1v) is 5.43. The van der Waals surface area contributed by atoms with Crippen molar-refractivity contribution in [3.05, 3.63) is 0 Å². The first-order valence-electron chi connectivity index (χ1n) is 5.43. The Labute approximate surface area is 92.6 Å². The van der Waals surface area contributed by atoms with Crippen LogP contribution in [0.5, 0.6) is 0 Å². The fourth-order valence-electron chi connectivity index (χ4n) is 1.98. The molecular weight excluding hydrogens is 221 g/mol. The van der Waals surface area contributed by atoms with Gasteiger partial charge in [-0.05, 0) is 12.8 Å². The lowest BCUT2D eigenvalue weighted by molar-refractivity contribution is -0.135. The van der Waals surface area contributed by atoms with E-state index in [1.165, 1.54) is 0 Å². The van der Waals surface area contributed by atoms with E-state index in [-0.39, 0.29) is 18.9 Å². The molecule has 0 aromatic rings. The van der Waals surface area contributed by atoms with E-state index in [1.807, 2.05) is 0 Å². The highest BCUT2D eigenvalue weighted by Crippen LogP contribution is 2.29. The molecule has 0 spiro atoms. The van der Waals surface area contributed by atoms with Gasteiger partial charge in [-0.25, -0.2) is 0 Å². The van der Waals surface area contributed by atoms with Crippen molar-refractivity contribution in [2.24, 2.45) is 5.73 Å². The van der Waals surface area contributed by atoms with Crippen LogP contribution >= 0.6 is 0 Å². The molecule has 1 fully saturated rings. The molecule has 1 saturated carbocycles. The van der Waals surface area contributed by atoms with Crippen LogP contribution in [0.4, 0.5) is 13.2 Å². The molecule has 0 saturated heterocycles. The molecule has 0 aromatic heterocycles. The fourth-order valence-corrected chi connectivity index (χ4v) is 1.98. The van der Waals surface area contributed by atoms with E-state index < -0.39 is 18.1 Å². The monoisotopic (exact) mass is 238 g/mol. The number of hydrogen-bond donors (Lipinski definition) is 2. The number of nitrogens with one attached hydrogen (secondary N) is 1. The molecule has 0 aromatic carbocycles. The summed E-state index contributed by atoms with van der Waals surface area (Å²) < 4.78 is 35.4. The molecule has 0 unspecified atom stereocenters. The van der Waals surface area contributed by atoms with Crippen molar-refractivity contribution < 1.29 is 18.0 Å². The second-order valence-electron chi connectivity index (χ2n) is 4.46. The summed E-state index contributed by atoms with van der Waals surface area (Å²) in [5.41, 5.74) is 5.44. The van der Waals surface area contributed by atoms with Gasteiger partial charge >= 0.3 is 6.18 Å². The average molecular weight is 238 g/mol. The summed E-state index contributed by atoms with van der Waals surface area (Å²) >= 11 is 0. The maximum atomic E-state index is 11.8. The minimum atomic E-state index is -4.22. The molecule has 1 aliphatic rings. The van der Waals surface area contributed by atoms with Crippen molar-refractivity contribution in [3.8, 4) is 0 Å². The molecular formula is C10H17F3N2O. The molecule has 3 nitrogen and oxygen atoms in total. The van der Waals surface area contributed by atoms with Gasteiger partial charge in [0.1, 0.15) is 0 Å². The largest absolute Gasteiger partial charge is 0.390 e. The lowest BCUT2D eigenvalue weighted by Crippen LogP contribution is -2.42. The lowest BCUT2D eigenvalue weighted by atomic mass is 9.94. The van der Waals surface area contributed by atoms with Crippen molar-refractivity contribution in [2.75, 3.05) is 6.54 Å². The number of carbonyl (C=O) groups is 1. The standard InChI is InChI=1S/C10H17F3N2O/c11-10(12,13)5-6-15-8(16)7-9(14)3-1-2-4-9/h1-7,14H2,(H,15,16). The minimum Gasteiger partial charge on any atom is -0.356 e. The van der Waals surface area contributed by atoms with Gasteiger partial charge in [0.15, 0.2) is 0 Å². The number of alkyl halides is 3. The third-order valence-corrected chi connectivity index (χ3v) is 2.84. The van der Waals surface area contributed by atoms with Crippen LogP contribution in [0, 0.1) is 0 Å². The summed E-state index contributed by atoms with van der Waals surface area (Å²) in [7, 11) is 0. The zero-order chi connectivity index (χ0) is 12.2. The first kappa shape index (κ1) is 13.3. The second-order valence-corrected chi connectivity index (χ2v) is 4.46. The molecule has 0 radical (unpaired) electrons. The second kappa shape index (κ2) is 5.03. The SMILES string of the molecule is NC1(CC(=O)NCCC(F)(F)F)CCCC1. The van der Waals surface area contributed by atoms with Crippen molar-refractivity contribution in [1.29, 1.82) is 0 Å². The third-order valence-electron chi connectivity index (χ3n) is 2.84. The number of nitrogens with two attached hydrogens (primary N) is 1. The molecule has 0 bridgehead atoms. The molecule has 0 atom stereocenters. The Hall–Kier alpha value is -0.780. The van der Waals surface area contributed by atoms with E-state index in [9.17, 15) is 18.0 Å². The fraction of sp³-hybridized carbons (Fsp3) is 0.900. The van der Waals surface area contributed by atoms with E-state index in [4.69, 9.17) is 5.73 Å². The minimum absolute atomic E-state index is 0.130. The highest BCUT2D eigenvalue weighted by molar-refractivity contribution is 5.77. The van der Waals surface area contributed by atoms with Gasteiger partial charge in [0.2, 0.25) is 5.91 Å². The Balaban J connectivity index is 2.21. The topological polar surface area (TPSA) is 55.1 Å². The average Bonchev–Trinajstić information content (AvgIpc) is 2.49. The predicted octanol–water partition coefficient (Wildman–Crippen LogP) is 1.72. The first-order chi connectivity index (χ1) is 7.31. The van der Waals surface area contributed by atoms with Gasteiger partial charge in [-0.3, -0.25) is 4.79 Å². The Kier molecular flexibility index (Phi) is 4.18. The number of halogens is 3. The predicted molar refractivity (Wildman–Crippen MR) is 53.7 cm³/mol. The molecule has 3 N–H and O–H groups in total. The Morgan fingerprint density at radius 1 is 1.31 bits per heavy atom. The Morgan fingerprint density at radius 2 is 1.88 bits per heavy atom. The summed E-state index contributed by atoms with van der Waals surface area (Å²) in [4.78, 5) is 11.3. The summed E-state index contributed by atoms with van der Waals surface area (Å²) in [6.07, 6.45) is -1.54. The number of amides is 1. The van der Waals surface area contributed by atoms with E-state index in [2.05, 4.69) is 5.32 Å². The van der Waals surface area contributed by atoms with Crippen molar-refractivity contribution >= 4 is 5.91 Å². The molecule has 6 heteroatoms. The summed E-state index contributed by atoms with van der Waals surface area (Å²) in [6.45, 7) is -0.363. The summed E-state index contributed by atoms with van der Waals surface area (Å²) in [5.74, 6) is -0.381. The smallest absolute Gasteiger partial charge is 0.356 e. The van der Waals surface area contributed by atoms with Gasteiger partial charge in [0.05, 0.1) is 6.42 Å².